The van der Waals surface area contributed by atoms with Crippen LogP contribution in [0.25, 0.3) is 0 Å². The second-order valence-electron chi connectivity index (χ2n) is 3.92. The molecule has 0 saturated heterocycles. The summed E-state index contributed by atoms with van der Waals surface area (Å²) in [4.78, 5) is 0. The van der Waals surface area contributed by atoms with Crippen LogP contribution in [0.3, 0.4) is 0 Å². The molecular weight excluding hydrogens is 228 g/mol. The topological polar surface area (TPSA) is 52.0 Å². The molecule has 5 nitrogen and oxygen atoms in total. The van der Waals surface area contributed by atoms with Crippen LogP contribution in [0.5, 0.6) is 5.75 Å². The molecule has 0 amide bonds. The molecule has 1 aromatic heterocycles. The number of rotatable bonds is 7. The van der Waals surface area contributed by atoms with Crippen molar-refractivity contribution < 1.29 is 4.74 Å². The van der Waals surface area contributed by atoms with Gasteiger partial charge in [-0.15, -0.1) is 5.10 Å². The molecule has 1 aromatic carbocycles. The largest absolute Gasteiger partial charge is 0.494 e. The Bertz CT molecular complexity index is 439. The van der Waals surface area contributed by atoms with E-state index in [4.69, 9.17) is 4.74 Å². The zero-order chi connectivity index (χ0) is 12.6. The van der Waals surface area contributed by atoms with Gasteiger partial charge in [-0.1, -0.05) is 17.3 Å². The zero-order valence-corrected chi connectivity index (χ0v) is 10.5. The summed E-state index contributed by atoms with van der Waals surface area (Å²) in [6.45, 7) is 5.24. The predicted molar refractivity (Wildman–Crippen MR) is 69.3 cm³/mol. The fourth-order valence-electron chi connectivity index (χ4n) is 1.65. The second kappa shape index (κ2) is 6.76. The lowest BCUT2D eigenvalue weighted by Crippen LogP contribution is -2.19. The van der Waals surface area contributed by atoms with Crippen molar-refractivity contribution in [2.75, 3.05) is 13.2 Å². The average Bonchev–Trinajstić information content (AvgIpc) is 2.90. The summed E-state index contributed by atoms with van der Waals surface area (Å²) in [7, 11) is 0. The van der Waals surface area contributed by atoms with Crippen molar-refractivity contribution in [3.8, 4) is 5.75 Å². The van der Waals surface area contributed by atoms with Crippen LogP contribution < -0.4 is 10.1 Å². The van der Waals surface area contributed by atoms with E-state index >= 15 is 0 Å². The third-order valence-electron chi connectivity index (χ3n) is 2.55. The first-order chi connectivity index (χ1) is 8.88. The molecule has 1 heterocycles. The van der Waals surface area contributed by atoms with Crippen LogP contribution in [0.2, 0.25) is 0 Å². The van der Waals surface area contributed by atoms with E-state index in [9.17, 15) is 0 Å². The standard InChI is InChI=1S/C13H18N4O/c1-2-18-13-5-3-12(4-6-13)11-14-7-9-17-10-8-15-16-17/h3-6,8,10,14H,2,7,9,11H2,1H3. The first-order valence-corrected chi connectivity index (χ1v) is 6.15. The highest BCUT2D eigenvalue weighted by molar-refractivity contribution is 5.27. The van der Waals surface area contributed by atoms with E-state index < -0.39 is 0 Å². The summed E-state index contributed by atoms with van der Waals surface area (Å²) < 4.78 is 7.21. The molecule has 1 N–H and O–H groups in total. The van der Waals surface area contributed by atoms with E-state index in [1.54, 1.807) is 6.20 Å². The minimum atomic E-state index is 0.704. The molecular formula is C13H18N4O. The maximum atomic E-state index is 5.40. The molecule has 0 aliphatic rings. The van der Waals surface area contributed by atoms with Gasteiger partial charge in [0.15, 0.2) is 0 Å². The molecule has 0 saturated carbocycles. The molecule has 0 unspecified atom stereocenters. The molecule has 18 heavy (non-hydrogen) atoms. The van der Waals surface area contributed by atoms with Crippen molar-refractivity contribution in [1.82, 2.24) is 20.3 Å². The number of ether oxygens (including phenoxy) is 1. The van der Waals surface area contributed by atoms with Gasteiger partial charge in [-0.3, -0.25) is 4.68 Å². The Kier molecular flexibility index (Phi) is 4.72. The van der Waals surface area contributed by atoms with E-state index in [1.165, 1.54) is 5.56 Å². The van der Waals surface area contributed by atoms with Gasteiger partial charge in [0.05, 0.1) is 19.3 Å². The van der Waals surface area contributed by atoms with Gasteiger partial charge in [-0.05, 0) is 24.6 Å². The quantitative estimate of drug-likeness (QED) is 0.752. The molecule has 0 atom stereocenters. The number of aromatic nitrogens is 3. The van der Waals surface area contributed by atoms with E-state index in [1.807, 2.05) is 29.9 Å². The van der Waals surface area contributed by atoms with Crippen molar-refractivity contribution in [2.45, 2.75) is 20.0 Å². The van der Waals surface area contributed by atoms with Crippen molar-refractivity contribution in [2.24, 2.45) is 0 Å². The van der Waals surface area contributed by atoms with Gasteiger partial charge in [-0.25, -0.2) is 0 Å². The second-order valence-corrected chi connectivity index (χ2v) is 3.92. The fraction of sp³-hybridized carbons (Fsp3) is 0.385. The summed E-state index contributed by atoms with van der Waals surface area (Å²) in [6, 6.07) is 8.15. The van der Waals surface area contributed by atoms with E-state index in [0.29, 0.717) is 6.61 Å². The molecule has 96 valence electrons. The van der Waals surface area contributed by atoms with Crippen LogP contribution >= 0.6 is 0 Å². The SMILES string of the molecule is CCOc1ccc(CNCCn2ccnn2)cc1. The third kappa shape index (κ3) is 3.85. The van der Waals surface area contributed by atoms with Gasteiger partial charge >= 0.3 is 0 Å². The lowest BCUT2D eigenvalue weighted by molar-refractivity contribution is 0.340. The summed E-state index contributed by atoms with van der Waals surface area (Å²) in [5.74, 6) is 0.920. The van der Waals surface area contributed by atoms with E-state index in [2.05, 4.69) is 27.8 Å². The Morgan fingerprint density at radius 2 is 2.11 bits per heavy atom. The Morgan fingerprint density at radius 1 is 1.28 bits per heavy atom. The lowest BCUT2D eigenvalue weighted by Gasteiger charge is -2.06. The van der Waals surface area contributed by atoms with Crippen LogP contribution in [0.4, 0.5) is 0 Å². The maximum Gasteiger partial charge on any atom is 0.119 e. The Labute approximate surface area is 107 Å². The smallest absolute Gasteiger partial charge is 0.119 e. The minimum absolute atomic E-state index is 0.704. The number of benzene rings is 1. The summed E-state index contributed by atoms with van der Waals surface area (Å²) in [6.07, 6.45) is 3.55. The Balaban J connectivity index is 1.69. The van der Waals surface area contributed by atoms with Crippen LogP contribution in [-0.2, 0) is 13.1 Å². The van der Waals surface area contributed by atoms with Crippen LogP contribution in [0, 0.1) is 0 Å². The molecule has 5 heteroatoms. The fourth-order valence-corrected chi connectivity index (χ4v) is 1.65. The molecule has 0 radical (unpaired) electrons. The minimum Gasteiger partial charge on any atom is -0.494 e. The monoisotopic (exact) mass is 246 g/mol. The predicted octanol–water partition coefficient (Wildman–Crippen LogP) is 1.47. The first-order valence-electron chi connectivity index (χ1n) is 6.15. The van der Waals surface area contributed by atoms with Gasteiger partial charge in [0.25, 0.3) is 0 Å². The Hall–Kier alpha value is -1.88. The number of nitrogens with zero attached hydrogens (tertiary/aromatic N) is 3. The van der Waals surface area contributed by atoms with Gasteiger partial charge in [0, 0.05) is 19.3 Å². The molecule has 0 fully saturated rings. The molecule has 0 aliphatic heterocycles. The van der Waals surface area contributed by atoms with Crippen molar-refractivity contribution in [3.05, 3.63) is 42.2 Å². The van der Waals surface area contributed by atoms with Crippen molar-refractivity contribution in [3.63, 3.8) is 0 Å². The third-order valence-corrected chi connectivity index (χ3v) is 2.55. The highest BCUT2D eigenvalue weighted by Gasteiger charge is 1.95. The van der Waals surface area contributed by atoms with Crippen LogP contribution in [0.1, 0.15) is 12.5 Å². The molecule has 2 rings (SSSR count). The summed E-state index contributed by atoms with van der Waals surface area (Å²) in [5, 5.41) is 11.0. The van der Waals surface area contributed by atoms with Gasteiger partial charge in [0.2, 0.25) is 0 Å². The van der Waals surface area contributed by atoms with E-state index in [0.717, 1.165) is 25.4 Å². The Morgan fingerprint density at radius 3 is 2.78 bits per heavy atom. The van der Waals surface area contributed by atoms with E-state index in [-0.39, 0.29) is 0 Å². The van der Waals surface area contributed by atoms with Crippen LogP contribution in [-0.4, -0.2) is 28.1 Å². The summed E-state index contributed by atoms with van der Waals surface area (Å²) >= 11 is 0. The van der Waals surface area contributed by atoms with Gasteiger partial charge < -0.3 is 10.1 Å². The normalized spacial score (nSPS) is 10.5. The van der Waals surface area contributed by atoms with Crippen molar-refractivity contribution in [1.29, 1.82) is 0 Å². The molecule has 0 spiro atoms. The highest BCUT2D eigenvalue weighted by Crippen LogP contribution is 2.11. The first kappa shape index (κ1) is 12.6. The van der Waals surface area contributed by atoms with Crippen molar-refractivity contribution >= 4 is 0 Å². The van der Waals surface area contributed by atoms with Gasteiger partial charge in [0.1, 0.15) is 5.75 Å². The number of hydrogen-bond acceptors (Lipinski definition) is 4. The number of nitrogens with one attached hydrogen (secondary N) is 1. The average molecular weight is 246 g/mol. The molecule has 2 aromatic rings. The summed E-state index contributed by atoms with van der Waals surface area (Å²) in [5.41, 5.74) is 1.25. The molecule has 0 bridgehead atoms. The van der Waals surface area contributed by atoms with Gasteiger partial charge in [-0.2, -0.15) is 0 Å². The highest BCUT2D eigenvalue weighted by atomic mass is 16.5. The number of hydrogen-bond donors (Lipinski definition) is 1. The maximum absolute atomic E-state index is 5.40. The molecule has 0 aliphatic carbocycles. The lowest BCUT2D eigenvalue weighted by atomic mass is 10.2. The van der Waals surface area contributed by atoms with Crippen LogP contribution in [0.15, 0.2) is 36.7 Å². The zero-order valence-electron chi connectivity index (χ0n) is 10.5.